The molecule has 6 N–H and O–H groups in total. The van der Waals surface area contributed by atoms with E-state index in [0.29, 0.717) is 25.8 Å². The van der Waals surface area contributed by atoms with Crippen LogP contribution in [0.1, 0.15) is 65.0 Å². The number of Topliss-reactive ketones (excluding diaryl/α,β-unsaturated/α-hetero) is 1. The van der Waals surface area contributed by atoms with E-state index in [-0.39, 0.29) is 29.1 Å². The molecule has 1 aromatic rings. The summed E-state index contributed by atoms with van der Waals surface area (Å²) in [5, 5.41) is 17.9. The monoisotopic (exact) mass is 623 g/mol. The van der Waals surface area contributed by atoms with Gasteiger partial charge in [-0.25, -0.2) is 9.59 Å². The Morgan fingerprint density at radius 2 is 1.60 bits per heavy atom. The molecule has 3 aliphatic carbocycles. The molecule has 45 heavy (non-hydrogen) atoms. The van der Waals surface area contributed by atoms with Crippen LogP contribution in [0.25, 0.3) is 0 Å². The molecule has 4 aliphatic rings. The highest BCUT2D eigenvalue weighted by Gasteiger charge is 2.70. The van der Waals surface area contributed by atoms with Crippen LogP contribution < -0.4 is 21.7 Å². The molecule has 12 heteroatoms. The van der Waals surface area contributed by atoms with Crippen molar-refractivity contribution in [1.82, 2.24) is 20.9 Å². The number of nitrogens with zero attached hydrogens (tertiary/aromatic N) is 1. The van der Waals surface area contributed by atoms with E-state index in [4.69, 9.17) is 5.73 Å². The minimum atomic E-state index is -1.21. The highest BCUT2D eigenvalue weighted by Crippen LogP contribution is 2.65. The molecule has 3 unspecified atom stereocenters. The van der Waals surface area contributed by atoms with Crippen LogP contribution in [-0.2, 0) is 36.8 Å². The van der Waals surface area contributed by atoms with Crippen molar-refractivity contribution < 1.29 is 33.9 Å². The molecular formula is C33H45N5O7. The zero-order valence-electron chi connectivity index (χ0n) is 26.6. The number of nitrogens with two attached hydrogens (primary N) is 1. The third-order valence-corrected chi connectivity index (χ3v) is 10.4. The lowest BCUT2D eigenvalue weighted by Crippen LogP contribution is -2.61. The molecule has 1 aliphatic heterocycles. The maximum atomic E-state index is 14.5. The maximum absolute atomic E-state index is 14.5. The lowest BCUT2D eigenvalue weighted by Gasteiger charge is -2.36. The fourth-order valence-corrected chi connectivity index (χ4v) is 7.51. The van der Waals surface area contributed by atoms with Crippen molar-refractivity contribution in [2.45, 2.75) is 90.9 Å². The number of hydrogen-bond acceptors (Lipinski definition) is 6. The number of rotatable bonds is 11. The number of urea groups is 1. The zero-order valence-corrected chi connectivity index (χ0v) is 26.6. The highest BCUT2D eigenvalue weighted by atomic mass is 16.4. The molecular weight excluding hydrogens is 578 g/mol. The number of hydrogen-bond donors (Lipinski definition) is 5. The van der Waals surface area contributed by atoms with Crippen molar-refractivity contribution >= 4 is 35.5 Å². The molecule has 6 atom stereocenters. The normalized spacial score (nSPS) is 25.3. The van der Waals surface area contributed by atoms with Gasteiger partial charge in [0.05, 0.1) is 6.04 Å². The van der Waals surface area contributed by atoms with Gasteiger partial charge < -0.3 is 31.7 Å². The molecule has 1 saturated heterocycles. The van der Waals surface area contributed by atoms with Crippen molar-refractivity contribution in [3.8, 4) is 0 Å². The first-order valence-electron chi connectivity index (χ1n) is 15.8. The Bertz CT molecular complexity index is 1390. The summed E-state index contributed by atoms with van der Waals surface area (Å²) in [5.41, 5.74) is 6.41. The van der Waals surface area contributed by atoms with Crippen LogP contribution in [-0.4, -0.2) is 76.2 Å². The van der Waals surface area contributed by atoms with E-state index in [1.165, 1.54) is 4.90 Å². The topological polar surface area (TPSA) is 188 Å². The van der Waals surface area contributed by atoms with E-state index < -0.39 is 65.1 Å². The molecule has 5 rings (SSSR count). The number of carboxylic acids is 1. The number of nitrogens with one attached hydrogen (secondary N) is 3. The van der Waals surface area contributed by atoms with Crippen LogP contribution in [0.3, 0.4) is 0 Å². The first-order chi connectivity index (χ1) is 21.0. The highest BCUT2D eigenvalue weighted by molar-refractivity contribution is 6.37. The predicted octanol–water partition coefficient (Wildman–Crippen LogP) is 1.39. The summed E-state index contributed by atoms with van der Waals surface area (Å²) in [6.07, 6.45) is 3.17. The van der Waals surface area contributed by atoms with Crippen molar-refractivity contribution in [3.05, 3.63) is 35.4 Å². The molecule has 0 bridgehead atoms. The fraction of sp³-hybridized carbons (Fsp3) is 0.636. The number of piperidine rings is 1. The smallest absolute Gasteiger partial charge is 0.326 e. The van der Waals surface area contributed by atoms with E-state index in [1.54, 1.807) is 20.8 Å². The second-order valence-electron chi connectivity index (χ2n) is 15.0. The molecule has 0 spiro atoms. The summed E-state index contributed by atoms with van der Waals surface area (Å²) >= 11 is 0. The van der Waals surface area contributed by atoms with Crippen molar-refractivity contribution in [2.75, 3.05) is 6.54 Å². The first kappa shape index (κ1) is 32.4. The summed E-state index contributed by atoms with van der Waals surface area (Å²) in [7, 11) is 0. The average molecular weight is 624 g/mol. The number of likely N-dealkylation sites (tertiary alicyclic amines) is 1. The summed E-state index contributed by atoms with van der Waals surface area (Å²) in [6.45, 7) is 9.46. The Morgan fingerprint density at radius 1 is 1.00 bits per heavy atom. The van der Waals surface area contributed by atoms with E-state index in [9.17, 15) is 33.9 Å². The number of primary amides is 1. The number of ketones is 1. The van der Waals surface area contributed by atoms with Gasteiger partial charge in [-0.3, -0.25) is 19.2 Å². The number of carbonyl (C=O) groups excluding carboxylic acids is 5. The Hall–Kier alpha value is -3.96. The summed E-state index contributed by atoms with van der Waals surface area (Å²) in [6, 6.07) is 2.80. The van der Waals surface area contributed by atoms with Crippen LogP contribution in [0.2, 0.25) is 0 Å². The standard InChI is InChI=1S/C33H45N5O7/c1-32(2,3)26(30(43)44)37-31(45)36-23(19-13-17-8-6-7-9-18(17)14-19)29(42)38-15-20-22(33(20,4)5)24(38)28(41)35-21(12-16-10-11-16)25(39)27(34)40/h6-9,16,19-24,26H,10-15H2,1-5H3,(H2,34,40)(H,35,41)(H,43,44)(H2,36,37,45)/t20-,21?,22?,23-,24-,26?/m0/s1. The van der Waals surface area contributed by atoms with Gasteiger partial charge in [0, 0.05) is 6.54 Å². The van der Waals surface area contributed by atoms with Gasteiger partial charge in [0.25, 0.3) is 5.91 Å². The second kappa shape index (κ2) is 11.8. The number of carboxylic acid groups (broad SMARTS) is 1. The zero-order chi connectivity index (χ0) is 33.0. The van der Waals surface area contributed by atoms with Crippen molar-refractivity contribution in [3.63, 3.8) is 0 Å². The van der Waals surface area contributed by atoms with Crippen molar-refractivity contribution in [1.29, 1.82) is 0 Å². The quantitative estimate of drug-likeness (QED) is 0.230. The molecule has 0 aromatic heterocycles. The van der Waals surface area contributed by atoms with E-state index in [0.717, 1.165) is 24.0 Å². The number of amides is 5. The van der Waals surface area contributed by atoms with Crippen LogP contribution >= 0.6 is 0 Å². The van der Waals surface area contributed by atoms with Gasteiger partial charge >= 0.3 is 12.0 Å². The van der Waals surface area contributed by atoms with E-state index in [2.05, 4.69) is 16.0 Å². The largest absolute Gasteiger partial charge is 0.480 e. The number of benzene rings is 1. The molecule has 1 aromatic carbocycles. The minimum Gasteiger partial charge on any atom is -0.480 e. The molecule has 2 saturated carbocycles. The Kier molecular flexibility index (Phi) is 8.48. The first-order valence-corrected chi connectivity index (χ1v) is 15.8. The van der Waals surface area contributed by atoms with Gasteiger partial charge in [0.1, 0.15) is 18.1 Å². The van der Waals surface area contributed by atoms with Gasteiger partial charge in [-0.1, -0.05) is 71.7 Å². The van der Waals surface area contributed by atoms with Gasteiger partial charge in [-0.15, -0.1) is 0 Å². The van der Waals surface area contributed by atoms with Gasteiger partial charge in [-0.2, -0.15) is 0 Å². The van der Waals surface area contributed by atoms with Gasteiger partial charge in [0.2, 0.25) is 17.6 Å². The van der Waals surface area contributed by atoms with Crippen LogP contribution in [0.15, 0.2) is 24.3 Å². The van der Waals surface area contributed by atoms with Crippen LogP contribution in [0.5, 0.6) is 0 Å². The summed E-state index contributed by atoms with van der Waals surface area (Å²) in [4.78, 5) is 79.6. The van der Waals surface area contributed by atoms with Crippen LogP contribution in [0, 0.1) is 34.5 Å². The second-order valence-corrected chi connectivity index (χ2v) is 15.0. The number of carbonyl (C=O) groups is 6. The Labute approximate surface area is 263 Å². The van der Waals surface area contributed by atoms with Crippen LogP contribution in [0.4, 0.5) is 4.79 Å². The van der Waals surface area contributed by atoms with Gasteiger partial charge in [-0.05, 0) is 64.9 Å². The van der Waals surface area contributed by atoms with E-state index in [1.807, 2.05) is 38.1 Å². The minimum absolute atomic E-state index is 0.0402. The molecule has 0 radical (unpaired) electrons. The number of aliphatic carboxylic acids is 1. The Morgan fingerprint density at radius 3 is 2.11 bits per heavy atom. The molecule has 3 fully saturated rings. The maximum Gasteiger partial charge on any atom is 0.326 e. The summed E-state index contributed by atoms with van der Waals surface area (Å²) in [5.74, 6) is -4.35. The van der Waals surface area contributed by atoms with E-state index >= 15 is 0 Å². The van der Waals surface area contributed by atoms with Crippen molar-refractivity contribution in [2.24, 2.45) is 40.2 Å². The predicted molar refractivity (Wildman–Crippen MR) is 163 cm³/mol. The lowest BCUT2D eigenvalue weighted by molar-refractivity contribution is -0.144. The lowest BCUT2D eigenvalue weighted by atomic mass is 9.87. The third kappa shape index (κ3) is 6.55. The third-order valence-electron chi connectivity index (χ3n) is 10.4. The molecule has 244 valence electrons. The molecule has 12 nitrogen and oxygen atoms in total. The SMILES string of the molecule is CC(C)(C)C(NC(=O)N[C@H](C(=O)N1C[C@H]2C([C@H]1C(=O)NC(CC1CC1)C(=O)C(N)=O)C2(C)C)C1Cc2ccccc2C1)C(=O)O. The number of fused-ring (bicyclic) bond motifs is 2. The Balaban J connectivity index is 1.41. The molecule has 1 heterocycles. The van der Waals surface area contributed by atoms with Gasteiger partial charge in [0.15, 0.2) is 0 Å². The molecule has 5 amide bonds. The summed E-state index contributed by atoms with van der Waals surface area (Å²) < 4.78 is 0. The fourth-order valence-electron chi connectivity index (χ4n) is 7.51. The average Bonchev–Trinajstić information content (AvgIpc) is 3.70.